The molecule has 0 aliphatic rings. The zero-order chi connectivity index (χ0) is 17.8. The molecular formula is C18H16N2O4S. The summed E-state index contributed by atoms with van der Waals surface area (Å²) in [6.45, 7) is 2.39. The molecule has 7 heteroatoms. The molecule has 0 N–H and O–H groups in total. The van der Waals surface area contributed by atoms with Crippen LogP contribution in [-0.4, -0.2) is 23.6 Å². The van der Waals surface area contributed by atoms with Crippen molar-refractivity contribution in [2.24, 2.45) is 0 Å². The lowest BCUT2D eigenvalue weighted by molar-refractivity contribution is -0.384. The Morgan fingerprint density at radius 3 is 2.28 bits per heavy atom. The lowest BCUT2D eigenvalue weighted by Crippen LogP contribution is -1.93. The van der Waals surface area contributed by atoms with Crippen molar-refractivity contribution in [3.05, 3.63) is 58.6 Å². The standard InChI is InChI=1S/C18H16N2O4S/c1-3-24-17-16(12-4-8-14(9-5-12)20(21)22)25-18(19-17)13-6-10-15(23-2)11-7-13/h4-11H,3H2,1-2H3. The molecule has 0 spiro atoms. The highest BCUT2D eigenvalue weighted by Crippen LogP contribution is 2.40. The van der Waals surface area contributed by atoms with E-state index < -0.39 is 4.92 Å². The van der Waals surface area contributed by atoms with Crippen LogP contribution in [0.4, 0.5) is 5.69 Å². The summed E-state index contributed by atoms with van der Waals surface area (Å²) in [5.74, 6) is 1.31. The van der Waals surface area contributed by atoms with Gasteiger partial charge in [0.25, 0.3) is 5.69 Å². The van der Waals surface area contributed by atoms with E-state index >= 15 is 0 Å². The van der Waals surface area contributed by atoms with E-state index in [2.05, 4.69) is 4.98 Å². The van der Waals surface area contributed by atoms with E-state index in [0.29, 0.717) is 12.5 Å². The van der Waals surface area contributed by atoms with Crippen LogP contribution in [0, 0.1) is 10.1 Å². The fraction of sp³-hybridized carbons (Fsp3) is 0.167. The Labute approximate surface area is 148 Å². The van der Waals surface area contributed by atoms with Crippen LogP contribution in [-0.2, 0) is 0 Å². The number of aromatic nitrogens is 1. The second kappa shape index (κ2) is 7.31. The Balaban J connectivity index is 2.00. The first kappa shape index (κ1) is 16.9. The van der Waals surface area contributed by atoms with Gasteiger partial charge in [0.05, 0.1) is 23.5 Å². The Morgan fingerprint density at radius 1 is 1.08 bits per heavy atom. The summed E-state index contributed by atoms with van der Waals surface area (Å²) >= 11 is 1.49. The molecule has 128 valence electrons. The van der Waals surface area contributed by atoms with E-state index in [9.17, 15) is 10.1 Å². The highest BCUT2D eigenvalue weighted by molar-refractivity contribution is 7.18. The summed E-state index contributed by atoms with van der Waals surface area (Å²) in [7, 11) is 1.62. The van der Waals surface area contributed by atoms with Crippen LogP contribution in [0.3, 0.4) is 0 Å². The zero-order valence-corrected chi connectivity index (χ0v) is 14.6. The van der Waals surface area contributed by atoms with E-state index in [4.69, 9.17) is 9.47 Å². The number of hydrogen-bond acceptors (Lipinski definition) is 6. The van der Waals surface area contributed by atoms with Gasteiger partial charge in [-0.3, -0.25) is 10.1 Å². The molecular weight excluding hydrogens is 340 g/mol. The number of nitro groups is 1. The second-order valence-corrected chi connectivity index (χ2v) is 6.12. The van der Waals surface area contributed by atoms with Crippen molar-refractivity contribution >= 4 is 17.0 Å². The predicted octanol–water partition coefficient (Wildman–Crippen LogP) is 4.79. The van der Waals surface area contributed by atoms with Crippen LogP contribution in [0.1, 0.15) is 6.92 Å². The Hall–Kier alpha value is -2.93. The third-order valence-electron chi connectivity index (χ3n) is 3.55. The molecule has 1 heterocycles. The molecule has 0 fully saturated rings. The quantitative estimate of drug-likeness (QED) is 0.469. The average Bonchev–Trinajstić information content (AvgIpc) is 3.06. The minimum atomic E-state index is -0.414. The van der Waals surface area contributed by atoms with Crippen molar-refractivity contribution in [1.29, 1.82) is 0 Å². The fourth-order valence-electron chi connectivity index (χ4n) is 2.31. The summed E-state index contributed by atoms with van der Waals surface area (Å²) in [5, 5.41) is 11.6. The van der Waals surface area contributed by atoms with Gasteiger partial charge >= 0.3 is 0 Å². The minimum absolute atomic E-state index is 0.0570. The molecule has 0 radical (unpaired) electrons. The van der Waals surface area contributed by atoms with Gasteiger partial charge in [0.15, 0.2) is 0 Å². The summed E-state index contributed by atoms with van der Waals surface area (Å²) in [4.78, 5) is 15.8. The maximum atomic E-state index is 10.8. The molecule has 6 nitrogen and oxygen atoms in total. The van der Waals surface area contributed by atoms with Gasteiger partial charge in [-0.15, -0.1) is 11.3 Å². The number of methoxy groups -OCH3 is 1. The number of benzene rings is 2. The number of nitro benzene ring substituents is 1. The number of nitrogens with zero attached hydrogens (tertiary/aromatic N) is 2. The first-order chi connectivity index (χ1) is 12.1. The van der Waals surface area contributed by atoms with Crippen LogP contribution in [0.5, 0.6) is 11.6 Å². The Morgan fingerprint density at radius 2 is 1.72 bits per heavy atom. The molecule has 1 aromatic heterocycles. The summed E-state index contributed by atoms with van der Waals surface area (Å²) in [5.41, 5.74) is 1.85. The van der Waals surface area contributed by atoms with Crippen LogP contribution < -0.4 is 9.47 Å². The summed E-state index contributed by atoms with van der Waals surface area (Å²) in [6.07, 6.45) is 0. The Bertz CT molecular complexity index is 873. The number of ether oxygens (including phenoxy) is 2. The number of thiazole rings is 1. The second-order valence-electron chi connectivity index (χ2n) is 5.12. The lowest BCUT2D eigenvalue weighted by Gasteiger charge is -2.02. The highest BCUT2D eigenvalue weighted by atomic mass is 32.1. The maximum absolute atomic E-state index is 10.8. The highest BCUT2D eigenvalue weighted by Gasteiger charge is 2.16. The van der Waals surface area contributed by atoms with Crippen molar-refractivity contribution in [2.45, 2.75) is 6.92 Å². The van der Waals surface area contributed by atoms with Crippen molar-refractivity contribution in [3.8, 4) is 32.6 Å². The maximum Gasteiger partial charge on any atom is 0.269 e. The van der Waals surface area contributed by atoms with E-state index in [1.165, 1.54) is 23.5 Å². The molecule has 3 aromatic rings. The number of rotatable bonds is 6. The topological polar surface area (TPSA) is 74.5 Å². The molecule has 3 rings (SSSR count). The molecule has 0 atom stereocenters. The minimum Gasteiger partial charge on any atom is -0.497 e. The molecule has 2 aromatic carbocycles. The molecule has 0 aliphatic carbocycles. The number of hydrogen-bond donors (Lipinski definition) is 0. The van der Waals surface area contributed by atoms with Gasteiger partial charge < -0.3 is 9.47 Å². The average molecular weight is 356 g/mol. The van der Waals surface area contributed by atoms with E-state index in [1.54, 1.807) is 19.2 Å². The van der Waals surface area contributed by atoms with Crippen LogP contribution in [0.25, 0.3) is 21.0 Å². The van der Waals surface area contributed by atoms with Crippen molar-refractivity contribution in [2.75, 3.05) is 13.7 Å². The van der Waals surface area contributed by atoms with Crippen LogP contribution >= 0.6 is 11.3 Å². The van der Waals surface area contributed by atoms with Gasteiger partial charge in [-0.25, -0.2) is 4.98 Å². The van der Waals surface area contributed by atoms with Crippen molar-refractivity contribution in [1.82, 2.24) is 4.98 Å². The number of non-ortho nitro benzene ring substituents is 1. The van der Waals surface area contributed by atoms with Crippen LogP contribution in [0.15, 0.2) is 48.5 Å². The first-order valence-electron chi connectivity index (χ1n) is 7.65. The monoisotopic (exact) mass is 356 g/mol. The van der Waals surface area contributed by atoms with Gasteiger partial charge in [0.1, 0.15) is 10.8 Å². The van der Waals surface area contributed by atoms with Gasteiger partial charge in [-0.2, -0.15) is 0 Å². The van der Waals surface area contributed by atoms with Gasteiger partial charge in [0, 0.05) is 17.7 Å². The first-order valence-corrected chi connectivity index (χ1v) is 8.47. The zero-order valence-electron chi connectivity index (χ0n) is 13.8. The smallest absolute Gasteiger partial charge is 0.269 e. The third kappa shape index (κ3) is 3.61. The third-order valence-corrected chi connectivity index (χ3v) is 4.69. The molecule has 0 aliphatic heterocycles. The van der Waals surface area contributed by atoms with E-state index in [-0.39, 0.29) is 5.69 Å². The normalized spacial score (nSPS) is 10.5. The predicted molar refractivity (Wildman–Crippen MR) is 97.4 cm³/mol. The summed E-state index contributed by atoms with van der Waals surface area (Å²) < 4.78 is 10.8. The largest absolute Gasteiger partial charge is 0.497 e. The fourth-order valence-corrected chi connectivity index (χ4v) is 3.34. The van der Waals surface area contributed by atoms with Crippen LogP contribution in [0.2, 0.25) is 0 Å². The van der Waals surface area contributed by atoms with Gasteiger partial charge in [-0.1, -0.05) is 0 Å². The molecule has 0 unspecified atom stereocenters. The Kier molecular flexibility index (Phi) is 4.95. The van der Waals surface area contributed by atoms with Gasteiger partial charge in [-0.05, 0) is 48.9 Å². The lowest BCUT2D eigenvalue weighted by atomic mass is 10.2. The van der Waals surface area contributed by atoms with E-state index in [0.717, 1.165) is 26.8 Å². The summed E-state index contributed by atoms with van der Waals surface area (Å²) in [6, 6.07) is 14.0. The van der Waals surface area contributed by atoms with E-state index in [1.807, 2.05) is 31.2 Å². The molecule has 0 bridgehead atoms. The molecule has 25 heavy (non-hydrogen) atoms. The molecule has 0 amide bonds. The SMILES string of the molecule is CCOc1nc(-c2ccc(OC)cc2)sc1-c1ccc([N+](=O)[O-])cc1. The molecule has 0 saturated heterocycles. The van der Waals surface area contributed by atoms with Gasteiger partial charge in [0.2, 0.25) is 5.88 Å². The van der Waals surface area contributed by atoms with Crippen molar-refractivity contribution in [3.63, 3.8) is 0 Å². The van der Waals surface area contributed by atoms with Crippen molar-refractivity contribution < 1.29 is 14.4 Å². The molecule has 0 saturated carbocycles.